The number of aliphatic hydroxyl groups excluding tert-OH is 1. The Morgan fingerprint density at radius 2 is 1.70 bits per heavy atom. The first-order valence-corrected chi connectivity index (χ1v) is 11.4. The number of rotatable bonds is 11. The van der Waals surface area contributed by atoms with Crippen molar-refractivity contribution in [1.82, 2.24) is 4.98 Å². The zero-order valence-electron chi connectivity index (χ0n) is 20.4. The summed E-state index contributed by atoms with van der Waals surface area (Å²) in [6, 6.07) is 6.38. The van der Waals surface area contributed by atoms with E-state index in [-0.39, 0.29) is 30.0 Å². The van der Waals surface area contributed by atoms with Gasteiger partial charge in [-0.25, -0.2) is 4.39 Å². The van der Waals surface area contributed by atoms with Gasteiger partial charge >= 0.3 is 5.97 Å². The smallest absolute Gasteiger partial charge is 0.303 e. The molecule has 0 aliphatic heterocycles. The predicted octanol–water partition coefficient (Wildman–Crippen LogP) is 6.16. The number of carboxylic acid groups (broad SMARTS) is 1. The van der Waals surface area contributed by atoms with Crippen LogP contribution in [0.3, 0.4) is 0 Å². The first-order valence-electron chi connectivity index (χ1n) is 11.4. The number of pyridine rings is 1. The van der Waals surface area contributed by atoms with Crippen LogP contribution in [0.4, 0.5) is 4.39 Å². The topological polar surface area (TPSA) is 79.7 Å². The molecule has 0 spiro atoms. The highest BCUT2D eigenvalue weighted by Gasteiger charge is 2.23. The summed E-state index contributed by atoms with van der Waals surface area (Å²) in [6.45, 7) is 10.5. The number of nitrogens with zero attached hydrogens (tertiary/aromatic N) is 1. The molecular weight excluding hydrogens is 421 g/mol. The quantitative estimate of drug-likeness (QED) is 0.423. The molecule has 33 heavy (non-hydrogen) atoms. The van der Waals surface area contributed by atoms with E-state index in [1.165, 1.54) is 12.1 Å². The van der Waals surface area contributed by atoms with Crippen LogP contribution < -0.4 is 0 Å². The van der Waals surface area contributed by atoms with Crippen molar-refractivity contribution < 1.29 is 24.1 Å². The van der Waals surface area contributed by atoms with Gasteiger partial charge in [-0.15, -0.1) is 0 Å². The molecule has 1 aromatic carbocycles. The SMILES string of the molecule is COCc1c(C(C)C)nc(C(C)C)c(/C=C/[C@@H](O)C[C@@H](C)CC(=O)O)c1-c1ccc(F)cc1. The van der Waals surface area contributed by atoms with Crippen LogP contribution in [-0.4, -0.2) is 34.4 Å². The summed E-state index contributed by atoms with van der Waals surface area (Å²) in [6.07, 6.45) is 3.11. The number of hydrogen-bond acceptors (Lipinski definition) is 4. The van der Waals surface area contributed by atoms with Gasteiger partial charge in [0.25, 0.3) is 0 Å². The number of aliphatic hydroxyl groups is 1. The van der Waals surface area contributed by atoms with Gasteiger partial charge in [-0.2, -0.15) is 0 Å². The molecule has 2 N–H and O–H groups in total. The number of aromatic nitrogens is 1. The van der Waals surface area contributed by atoms with E-state index in [4.69, 9.17) is 14.8 Å². The van der Waals surface area contributed by atoms with E-state index in [1.54, 1.807) is 25.3 Å². The Bertz CT molecular complexity index is 967. The minimum atomic E-state index is -0.878. The van der Waals surface area contributed by atoms with Gasteiger partial charge in [0.15, 0.2) is 0 Å². The first-order chi connectivity index (χ1) is 15.5. The fraction of sp³-hybridized carbons (Fsp3) is 0.481. The van der Waals surface area contributed by atoms with Crippen LogP contribution in [0.25, 0.3) is 17.2 Å². The molecule has 0 aliphatic carbocycles. The van der Waals surface area contributed by atoms with E-state index >= 15 is 0 Å². The number of methoxy groups -OCH3 is 1. The fourth-order valence-corrected chi connectivity index (χ4v) is 4.08. The Morgan fingerprint density at radius 3 is 2.21 bits per heavy atom. The Labute approximate surface area is 196 Å². The molecule has 5 nitrogen and oxygen atoms in total. The molecule has 2 atom stereocenters. The van der Waals surface area contributed by atoms with Crippen molar-refractivity contribution in [2.24, 2.45) is 5.92 Å². The predicted molar refractivity (Wildman–Crippen MR) is 130 cm³/mol. The third-order valence-electron chi connectivity index (χ3n) is 5.56. The van der Waals surface area contributed by atoms with Gasteiger partial charge in [0.1, 0.15) is 5.82 Å². The summed E-state index contributed by atoms with van der Waals surface area (Å²) in [5.74, 6) is -1.08. The van der Waals surface area contributed by atoms with Gasteiger partial charge in [0, 0.05) is 30.4 Å². The lowest BCUT2D eigenvalue weighted by Crippen LogP contribution is -2.13. The van der Waals surface area contributed by atoms with Gasteiger partial charge in [-0.3, -0.25) is 9.78 Å². The molecule has 0 aliphatic rings. The number of ether oxygens (including phenoxy) is 1. The van der Waals surface area contributed by atoms with Crippen LogP contribution >= 0.6 is 0 Å². The van der Waals surface area contributed by atoms with Crippen molar-refractivity contribution in [3.63, 3.8) is 0 Å². The third kappa shape index (κ3) is 7.21. The maximum absolute atomic E-state index is 13.7. The Morgan fingerprint density at radius 1 is 1.09 bits per heavy atom. The minimum Gasteiger partial charge on any atom is -0.481 e. The number of carboxylic acids is 1. The standard InChI is InChI=1S/C27H36FNO4/c1-16(2)26-22(12-11-21(30)13-18(5)14-24(31)32)25(19-7-9-20(28)10-8-19)23(15-33-6)27(29-26)17(3)4/h7-12,16-18,21,30H,13-15H2,1-6H3,(H,31,32)/b12-11+/t18-,21-/m1/s1. The summed E-state index contributed by atoms with van der Waals surface area (Å²) in [7, 11) is 1.64. The molecule has 0 amide bonds. The molecule has 0 radical (unpaired) electrons. The van der Waals surface area contributed by atoms with Crippen molar-refractivity contribution in [1.29, 1.82) is 0 Å². The summed E-state index contributed by atoms with van der Waals surface area (Å²) >= 11 is 0. The third-order valence-corrected chi connectivity index (χ3v) is 5.56. The summed E-state index contributed by atoms with van der Waals surface area (Å²) in [5.41, 5.74) is 5.40. The van der Waals surface area contributed by atoms with Crippen LogP contribution in [0.15, 0.2) is 30.3 Å². The lowest BCUT2D eigenvalue weighted by atomic mass is 9.87. The Balaban J connectivity index is 2.69. The van der Waals surface area contributed by atoms with Crippen molar-refractivity contribution in [2.45, 2.75) is 72.0 Å². The Kier molecular flexibility index (Phi) is 9.74. The molecule has 0 bridgehead atoms. The van der Waals surface area contributed by atoms with Crippen LogP contribution in [0, 0.1) is 11.7 Å². The molecule has 1 aromatic heterocycles. The maximum Gasteiger partial charge on any atom is 0.303 e. The molecule has 0 saturated carbocycles. The second-order valence-electron chi connectivity index (χ2n) is 9.26. The van der Waals surface area contributed by atoms with E-state index in [0.717, 1.165) is 33.6 Å². The fourth-order valence-electron chi connectivity index (χ4n) is 4.08. The van der Waals surface area contributed by atoms with E-state index in [1.807, 2.05) is 13.0 Å². The van der Waals surface area contributed by atoms with Crippen LogP contribution in [0.1, 0.15) is 81.8 Å². The summed E-state index contributed by atoms with van der Waals surface area (Å²) in [4.78, 5) is 16.0. The molecular formula is C27H36FNO4. The number of halogens is 1. The van der Waals surface area contributed by atoms with Crippen LogP contribution in [0.5, 0.6) is 0 Å². The summed E-state index contributed by atoms with van der Waals surface area (Å²) < 4.78 is 19.2. The normalized spacial score (nSPS) is 13.8. The zero-order valence-corrected chi connectivity index (χ0v) is 20.4. The number of hydrogen-bond donors (Lipinski definition) is 2. The second-order valence-corrected chi connectivity index (χ2v) is 9.26. The molecule has 0 fully saturated rings. The van der Waals surface area contributed by atoms with Gasteiger partial charge in [-0.1, -0.05) is 58.9 Å². The number of carbonyl (C=O) groups is 1. The van der Waals surface area contributed by atoms with Gasteiger partial charge in [0.05, 0.1) is 18.4 Å². The van der Waals surface area contributed by atoms with E-state index < -0.39 is 12.1 Å². The van der Waals surface area contributed by atoms with Gasteiger partial charge in [0.2, 0.25) is 0 Å². The van der Waals surface area contributed by atoms with Gasteiger partial charge < -0.3 is 14.9 Å². The molecule has 0 saturated heterocycles. The highest BCUT2D eigenvalue weighted by Crippen LogP contribution is 2.38. The van der Waals surface area contributed by atoms with Crippen molar-refractivity contribution in [3.8, 4) is 11.1 Å². The monoisotopic (exact) mass is 457 g/mol. The largest absolute Gasteiger partial charge is 0.481 e. The highest BCUT2D eigenvalue weighted by molar-refractivity contribution is 5.80. The van der Waals surface area contributed by atoms with Crippen LogP contribution in [0.2, 0.25) is 0 Å². The molecule has 2 aromatic rings. The molecule has 1 heterocycles. The van der Waals surface area contributed by atoms with Gasteiger partial charge in [-0.05, 0) is 47.4 Å². The van der Waals surface area contributed by atoms with E-state index in [0.29, 0.717) is 13.0 Å². The average Bonchev–Trinajstić information content (AvgIpc) is 2.72. The van der Waals surface area contributed by atoms with Crippen molar-refractivity contribution in [3.05, 3.63) is 58.7 Å². The molecule has 6 heteroatoms. The van der Waals surface area contributed by atoms with Crippen molar-refractivity contribution in [2.75, 3.05) is 7.11 Å². The first kappa shape index (κ1) is 26.7. The minimum absolute atomic E-state index is 0.00556. The molecule has 2 rings (SSSR count). The average molecular weight is 458 g/mol. The highest BCUT2D eigenvalue weighted by atomic mass is 19.1. The lowest BCUT2D eigenvalue weighted by Gasteiger charge is -2.23. The van der Waals surface area contributed by atoms with E-state index in [9.17, 15) is 14.3 Å². The van der Waals surface area contributed by atoms with Crippen LogP contribution in [-0.2, 0) is 16.1 Å². The number of aliphatic carboxylic acids is 1. The summed E-state index contributed by atoms with van der Waals surface area (Å²) in [5, 5.41) is 19.6. The molecule has 0 unspecified atom stereocenters. The van der Waals surface area contributed by atoms with E-state index in [2.05, 4.69) is 27.7 Å². The lowest BCUT2D eigenvalue weighted by molar-refractivity contribution is -0.138. The second kappa shape index (κ2) is 12.1. The number of benzene rings is 1. The maximum atomic E-state index is 13.7. The zero-order chi connectivity index (χ0) is 24.7. The van der Waals surface area contributed by atoms with Crippen molar-refractivity contribution >= 4 is 12.0 Å². The molecule has 180 valence electrons. The Hall–Kier alpha value is -2.57.